The Morgan fingerprint density at radius 2 is 2.17 bits per heavy atom. The van der Waals surface area contributed by atoms with Crippen LogP contribution in [0.2, 0.25) is 5.02 Å². The summed E-state index contributed by atoms with van der Waals surface area (Å²) in [6, 6.07) is 4.48. The number of ether oxygens (including phenoxy) is 1. The molecule has 1 aromatic rings. The molecule has 0 spiro atoms. The van der Waals surface area contributed by atoms with E-state index in [1.807, 2.05) is 0 Å². The fourth-order valence-corrected chi connectivity index (χ4v) is 2.70. The third kappa shape index (κ3) is 4.22. The highest BCUT2D eigenvalue weighted by Crippen LogP contribution is 2.19. The van der Waals surface area contributed by atoms with E-state index in [1.54, 1.807) is 7.11 Å². The van der Waals surface area contributed by atoms with Crippen LogP contribution in [0.5, 0.6) is 0 Å². The van der Waals surface area contributed by atoms with Gasteiger partial charge in [-0.15, -0.1) is 0 Å². The Labute approximate surface area is 112 Å². The van der Waals surface area contributed by atoms with Crippen molar-refractivity contribution in [2.24, 2.45) is 5.73 Å². The number of methoxy groups -OCH3 is 1. The lowest BCUT2D eigenvalue weighted by atomic mass is 10.2. The van der Waals surface area contributed by atoms with Gasteiger partial charge in [-0.2, -0.15) is 0 Å². The maximum absolute atomic E-state index is 11.9. The van der Waals surface area contributed by atoms with Crippen LogP contribution in [0.4, 0.5) is 0 Å². The monoisotopic (exact) mass is 292 g/mol. The largest absolute Gasteiger partial charge is 0.385 e. The summed E-state index contributed by atoms with van der Waals surface area (Å²) in [5, 5.41) is 0.468. The number of hydrogen-bond donors (Lipinski definition) is 2. The molecule has 0 saturated carbocycles. The Bertz CT molecular complexity index is 491. The predicted molar refractivity (Wildman–Crippen MR) is 71.0 cm³/mol. The van der Waals surface area contributed by atoms with E-state index in [-0.39, 0.29) is 11.4 Å². The summed E-state index contributed by atoms with van der Waals surface area (Å²) >= 11 is 5.88. The van der Waals surface area contributed by atoms with Gasteiger partial charge in [0.1, 0.15) is 0 Å². The van der Waals surface area contributed by atoms with Gasteiger partial charge in [0.25, 0.3) is 0 Å². The first-order chi connectivity index (χ1) is 8.51. The van der Waals surface area contributed by atoms with Gasteiger partial charge < -0.3 is 10.5 Å². The van der Waals surface area contributed by atoms with Crippen LogP contribution >= 0.6 is 11.6 Å². The molecule has 3 N–H and O–H groups in total. The van der Waals surface area contributed by atoms with E-state index < -0.39 is 10.0 Å². The van der Waals surface area contributed by atoms with Crippen molar-refractivity contribution in [3.8, 4) is 0 Å². The SMILES string of the molecule is COCCCNS(=O)(=O)c1ccc(Cl)c(CN)c1. The number of hydrogen-bond acceptors (Lipinski definition) is 4. The van der Waals surface area contributed by atoms with Crippen LogP contribution in [0.1, 0.15) is 12.0 Å². The minimum Gasteiger partial charge on any atom is -0.385 e. The molecule has 0 radical (unpaired) electrons. The van der Waals surface area contributed by atoms with Crippen molar-refractivity contribution in [3.63, 3.8) is 0 Å². The summed E-state index contributed by atoms with van der Waals surface area (Å²) in [4.78, 5) is 0.171. The molecule has 0 fully saturated rings. The molecule has 0 saturated heterocycles. The van der Waals surface area contributed by atoms with E-state index in [2.05, 4.69) is 4.72 Å². The predicted octanol–water partition coefficient (Wildman–Crippen LogP) is 1.11. The standard InChI is InChI=1S/C11H17ClN2O3S/c1-17-6-2-5-14-18(15,16)10-3-4-11(12)9(7-10)8-13/h3-4,7,14H,2,5-6,8,13H2,1H3. The van der Waals surface area contributed by atoms with E-state index in [0.717, 1.165) is 0 Å². The maximum Gasteiger partial charge on any atom is 0.240 e. The second kappa shape index (κ2) is 7.06. The Morgan fingerprint density at radius 3 is 2.78 bits per heavy atom. The first-order valence-corrected chi connectivity index (χ1v) is 7.34. The fraction of sp³-hybridized carbons (Fsp3) is 0.455. The minimum absolute atomic E-state index is 0.171. The molecule has 1 rings (SSSR count). The summed E-state index contributed by atoms with van der Waals surface area (Å²) in [5.41, 5.74) is 6.09. The summed E-state index contributed by atoms with van der Waals surface area (Å²) in [6.45, 7) is 1.04. The molecule has 102 valence electrons. The average Bonchev–Trinajstić information content (AvgIpc) is 2.35. The zero-order valence-electron chi connectivity index (χ0n) is 10.1. The van der Waals surface area contributed by atoms with Crippen molar-refractivity contribution in [2.45, 2.75) is 17.9 Å². The number of nitrogens with one attached hydrogen (secondary N) is 1. The second-order valence-corrected chi connectivity index (χ2v) is 5.88. The lowest BCUT2D eigenvalue weighted by molar-refractivity contribution is 0.196. The molecule has 5 nitrogen and oxygen atoms in total. The molecule has 18 heavy (non-hydrogen) atoms. The number of sulfonamides is 1. The topological polar surface area (TPSA) is 81.4 Å². The van der Waals surface area contributed by atoms with Crippen molar-refractivity contribution in [2.75, 3.05) is 20.3 Å². The summed E-state index contributed by atoms with van der Waals surface area (Å²) in [5.74, 6) is 0. The van der Waals surface area contributed by atoms with Crippen LogP contribution in [0.25, 0.3) is 0 Å². The quantitative estimate of drug-likeness (QED) is 0.738. The van der Waals surface area contributed by atoms with Gasteiger partial charge in [-0.25, -0.2) is 13.1 Å². The van der Waals surface area contributed by atoms with Crippen LogP contribution in [-0.2, 0) is 21.3 Å². The van der Waals surface area contributed by atoms with Crippen LogP contribution in [0.3, 0.4) is 0 Å². The van der Waals surface area contributed by atoms with Crippen molar-refractivity contribution in [3.05, 3.63) is 28.8 Å². The third-order valence-electron chi connectivity index (χ3n) is 2.36. The van der Waals surface area contributed by atoms with E-state index in [9.17, 15) is 8.42 Å². The Morgan fingerprint density at radius 1 is 1.44 bits per heavy atom. The molecule has 0 bridgehead atoms. The average molecular weight is 293 g/mol. The zero-order valence-corrected chi connectivity index (χ0v) is 11.7. The first kappa shape index (κ1) is 15.4. The Balaban J connectivity index is 2.78. The lowest BCUT2D eigenvalue weighted by Gasteiger charge is -2.08. The van der Waals surface area contributed by atoms with Crippen molar-refractivity contribution >= 4 is 21.6 Å². The smallest absolute Gasteiger partial charge is 0.240 e. The number of benzene rings is 1. The van der Waals surface area contributed by atoms with Crippen LogP contribution < -0.4 is 10.5 Å². The second-order valence-electron chi connectivity index (χ2n) is 3.70. The molecule has 1 aromatic carbocycles. The summed E-state index contributed by atoms with van der Waals surface area (Å²) in [7, 11) is -1.94. The lowest BCUT2D eigenvalue weighted by Crippen LogP contribution is -2.25. The van der Waals surface area contributed by atoms with Crippen molar-refractivity contribution in [1.82, 2.24) is 4.72 Å². The normalized spacial score (nSPS) is 11.7. The van der Waals surface area contributed by atoms with E-state index in [4.69, 9.17) is 22.1 Å². The van der Waals surface area contributed by atoms with Gasteiger partial charge in [-0.05, 0) is 30.2 Å². The Kier molecular flexibility index (Phi) is 6.04. The number of nitrogens with two attached hydrogens (primary N) is 1. The van der Waals surface area contributed by atoms with Crippen LogP contribution in [-0.4, -0.2) is 28.7 Å². The van der Waals surface area contributed by atoms with Gasteiger partial charge in [0.2, 0.25) is 10.0 Å². The molecule has 0 aliphatic heterocycles. The van der Waals surface area contributed by atoms with Crippen molar-refractivity contribution < 1.29 is 13.2 Å². The molecule has 0 aliphatic rings. The zero-order chi connectivity index (χ0) is 13.6. The van der Waals surface area contributed by atoms with E-state index in [1.165, 1.54) is 18.2 Å². The van der Waals surface area contributed by atoms with Crippen LogP contribution in [0, 0.1) is 0 Å². The van der Waals surface area contributed by atoms with Crippen LogP contribution in [0.15, 0.2) is 23.1 Å². The van der Waals surface area contributed by atoms with Gasteiger partial charge in [-0.1, -0.05) is 11.6 Å². The molecular weight excluding hydrogens is 276 g/mol. The minimum atomic E-state index is -3.51. The number of rotatable bonds is 7. The third-order valence-corrected chi connectivity index (χ3v) is 4.19. The van der Waals surface area contributed by atoms with Crippen molar-refractivity contribution in [1.29, 1.82) is 0 Å². The molecular formula is C11H17ClN2O3S. The number of halogens is 1. The summed E-state index contributed by atoms with van der Waals surface area (Å²) < 4.78 is 31.2. The molecule has 0 atom stereocenters. The van der Waals surface area contributed by atoms with Gasteiger partial charge in [0.15, 0.2) is 0 Å². The highest BCUT2D eigenvalue weighted by atomic mass is 35.5. The fourth-order valence-electron chi connectivity index (χ4n) is 1.38. The van der Waals surface area contributed by atoms with Gasteiger partial charge in [0.05, 0.1) is 4.90 Å². The summed E-state index contributed by atoms with van der Waals surface area (Å²) in [6.07, 6.45) is 0.618. The molecule has 0 unspecified atom stereocenters. The Hall–Kier alpha value is -0.660. The van der Waals surface area contributed by atoms with Gasteiger partial charge in [0, 0.05) is 31.8 Å². The van der Waals surface area contributed by atoms with Gasteiger partial charge in [-0.3, -0.25) is 0 Å². The molecule has 7 heteroatoms. The van der Waals surface area contributed by atoms with E-state index in [0.29, 0.717) is 30.2 Å². The molecule has 0 heterocycles. The highest BCUT2D eigenvalue weighted by molar-refractivity contribution is 7.89. The molecule has 0 aliphatic carbocycles. The van der Waals surface area contributed by atoms with Gasteiger partial charge >= 0.3 is 0 Å². The molecule has 0 aromatic heterocycles. The van der Waals surface area contributed by atoms with E-state index >= 15 is 0 Å². The molecule has 0 amide bonds. The highest BCUT2D eigenvalue weighted by Gasteiger charge is 2.14. The first-order valence-electron chi connectivity index (χ1n) is 5.48. The maximum atomic E-state index is 11.9.